The number of hydrogen-bond acceptors (Lipinski definition) is 4. The summed E-state index contributed by atoms with van der Waals surface area (Å²) in [6, 6.07) is 0. The number of carboxylic acids is 1. The van der Waals surface area contributed by atoms with Crippen LogP contribution >= 0.6 is 0 Å². The van der Waals surface area contributed by atoms with Crippen molar-refractivity contribution in [1.82, 2.24) is 4.98 Å². The molecule has 5 heteroatoms. The predicted molar refractivity (Wildman–Crippen MR) is 73.7 cm³/mol. The van der Waals surface area contributed by atoms with Crippen LogP contribution in [0, 0.1) is 0 Å². The Kier molecular flexibility index (Phi) is 5.59. The highest BCUT2D eigenvalue weighted by molar-refractivity contribution is 5.66. The number of hydrogen-bond donors (Lipinski definition) is 1. The molecule has 1 saturated carbocycles. The van der Waals surface area contributed by atoms with E-state index >= 15 is 0 Å². The Morgan fingerprint density at radius 2 is 2.10 bits per heavy atom. The number of carbonyl (C=O) groups is 1. The zero-order valence-corrected chi connectivity index (χ0v) is 12.0. The van der Waals surface area contributed by atoms with E-state index in [2.05, 4.69) is 4.98 Å². The summed E-state index contributed by atoms with van der Waals surface area (Å²) in [6.45, 7) is 0. The number of rotatable bonds is 5. The molecule has 0 saturated heterocycles. The smallest absolute Gasteiger partial charge is 0.303 e. The molecule has 2 rings (SSSR count). The summed E-state index contributed by atoms with van der Waals surface area (Å²) in [5, 5.41) is 8.68. The van der Waals surface area contributed by atoms with Gasteiger partial charge in [0.1, 0.15) is 6.26 Å². The van der Waals surface area contributed by atoms with Gasteiger partial charge in [0.25, 0.3) is 0 Å². The molecule has 1 aliphatic rings. The maximum atomic E-state index is 10.6. The summed E-state index contributed by atoms with van der Waals surface area (Å²) in [5.74, 6) is 0.346. The average Bonchev–Trinajstić information content (AvgIpc) is 2.85. The quantitative estimate of drug-likeness (QED) is 0.897. The summed E-state index contributed by atoms with van der Waals surface area (Å²) in [4.78, 5) is 15.0. The molecule has 0 aromatic carbocycles. The van der Waals surface area contributed by atoms with Gasteiger partial charge in [0.15, 0.2) is 5.89 Å². The van der Waals surface area contributed by atoms with Crippen LogP contribution in [-0.2, 0) is 16.0 Å². The van der Waals surface area contributed by atoms with Crippen molar-refractivity contribution in [2.75, 3.05) is 7.11 Å². The lowest BCUT2D eigenvalue weighted by Crippen LogP contribution is -2.14. The highest BCUT2D eigenvalue weighted by Gasteiger charge is 2.21. The first kappa shape index (κ1) is 15.0. The van der Waals surface area contributed by atoms with E-state index < -0.39 is 5.97 Å². The van der Waals surface area contributed by atoms with Crippen LogP contribution in [0.3, 0.4) is 0 Å². The van der Waals surface area contributed by atoms with Crippen molar-refractivity contribution in [1.29, 1.82) is 0 Å². The van der Waals surface area contributed by atoms with Crippen molar-refractivity contribution < 1.29 is 19.1 Å². The third-order valence-electron chi connectivity index (χ3n) is 4.00. The molecule has 0 unspecified atom stereocenters. The first-order valence-electron chi connectivity index (χ1n) is 7.38. The summed E-state index contributed by atoms with van der Waals surface area (Å²) < 4.78 is 11.0. The summed E-state index contributed by atoms with van der Waals surface area (Å²) in [5.41, 5.74) is 0.749. The molecule has 1 fully saturated rings. The molecule has 0 radical (unpaired) electrons. The van der Waals surface area contributed by atoms with Gasteiger partial charge in [-0.1, -0.05) is 12.8 Å². The Balaban J connectivity index is 1.89. The molecule has 5 nitrogen and oxygen atoms in total. The minimum Gasteiger partial charge on any atom is -0.481 e. The van der Waals surface area contributed by atoms with Crippen LogP contribution in [0.2, 0.25) is 0 Å². The third kappa shape index (κ3) is 4.34. The number of aryl methyl sites for hydroxylation is 1. The molecule has 0 amide bonds. The van der Waals surface area contributed by atoms with Crippen LogP contribution in [0.1, 0.15) is 62.4 Å². The molecular formula is C15H23NO4. The van der Waals surface area contributed by atoms with Gasteiger partial charge in [-0.05, 0) is 25.7 Å². The lowest BCUT2D eigenvalue weighted by molar-refractivity contribution is -0.136. The van der Waals surface area contributed by atoms with Crippen molar-refractivity contribution >= 4 is 5.97 Å². The van der Waals surface area contributed by atoms with E-state index in [0.717, 1.165) is 50.1 Å². The second kappa shape index (κ2) is 7.43. The number of aliphatic carboxylic acids is 1. The van der Waals surface area contributed by atoms with Crippen LogP contribution in [0.4, 0.5) is 0 Å². The fraction of sp³-hybridized carbons (Fsp3) is 0.733. The fourth-order valence-electron chi connectivity index (χ4n) is 2.82. The molecule has 1 aromatic rings. The molecule has 20 heavy (non-hydrogen) atoms. The van der Waals surface area contributed by atoms with E-state index in [1.807, 2.05) is 0 Å². The topological polar surface area (TPSA) is 72.6 Å². The van der Waals surface area contributed by atoms with Crippen LogP contribution in [0.15, 0.2) is 10.7 Å². The highest BCUT2D eigenvalue weighted by Crippen LogP contribution is 2.31. The second-order valence-corrected chi connectivity index (χ2v) is 5.49. The van der Waals surface area contributed by atoms with Gasteiger partial charge in [-0.2, -0.15) is 0 Å². The zero-order chi connectivity index (χ0) is 14.4. The molecular weight excluding hydrogens is 258 g/mol. The number of ether oxygens (including phenoxy) is 1. The normalized spacial score (nSPS) is 24.1. The van der Waals surface area contributed by atoms with E-state index in [1.165, 1.54) is 0 Å². The molecule has 1 heterocycles. The number of oxazole rings is 1. The van der Waals surface area contributed by atoms with Crippen molar-refractivity contribution in [2.24, 2.45) is 0 Å². The molecule has 0 bridgehead atoms. The number of carboxylic acid groups (broad SMARTS) is 1. The SMILES string of the molecule is COC1CCCC(c2nc(CCC(=O)O)co2)CCC1. The maximum Gasteiger partial charge on any atom is 0.303 e. The molecule has 112 valence electrons. The van der Waals surface area contributed by atoms with Crippen LogP contribution < -0.4 is 0 Å². The number of nitrogens with zero attached hydrogens (tertiary/aromatic N) is 1. The lowest BCUT2D eigenvalue weighted by Gasteiger charge is -2.22. The minimum atomic E-state index is -0.800. The molecule has 1 N–H and O–H groups in total. The lowest BCUT2D eigenvalue weighted by atomic mass is 9.90. The monoisotopic (exact) mass is 281 g/mol. The van der Waals surface area contributed by atoms with Crippen molar-refractivity contribution in [3.05, 3.63) is 17.8 Å². The van der Waals surface area contributed by atoms with Crippen LogP contribution in [0.5, 0.6) is 0 Å². The fourth-order valence-corrected chi connectivity index (χ4v) is 2.82. The van der Waals surface area contributed by atoms with Crippen LogP contribution in [-0.4, -0.2) is 29.3 Å². The summed E-state index contributed by atoms with van der Waals surface area (Å²) in [7, 11) is 1.78. The van der Waals surface area contributed by atoms with Gasteiger partial charge in [-0.3, -0.25) is 4.79 Å². The summed E-state index contributed by atoms with van der Waals surface area (Å²) >= 11 is 0. The van der Waals surface area contributed by atoms with Gasteiger partial charge in [0.05, 0.1) is 18.2 Å². The second-order valence-electron chi connectivity index (χ2n) is 5.49. The standard InChI is InChI=1S/C15H23NO4/c1-19-13-6-2-4-11(5-3-7-13)15-16-12(10-20-15)8-9-14(17)18/h10-11,13H,2-9H2,1H3,(H,17,18). The van der Waals surface area contributed by atoms with Gasteiger partial charge in [-0.15, -0.1) is 0 Å². The van der Waals surface area contributed by atoms with E-state index in [4.69, 9.17) is 14.3 Å². The molecule has 1 aromatic heterocycles. The first-order chi connectivity index (χ1) is 9.69. The molecule has 0 atom stereocenters. The van der Waals surface area contributed by atoms with E-state index in [1.54, 1.807) is 13.4 Å². The maximum absolute atomic E-state index is 10.6. The Labute approximate surface area is 119 Å². The largest absolute Gasteiger partial charge is 0.481 e. The molecule has 0 aliphatic heterocycles. The Hall–Kier alpha value is -1.36. The predicted octanol–water partition coefficient (Wildman–Crippen LogP) is 3.14. The van der Waals surface area contributed by atoms with Gasteiger partial charge in [0, 0.05) is 19.4 Å². The van der Waals surface area contributed by atoms with Crippen molar-refractivity contribution in [3.8, 4) is 0 Å². The van der Waals surface area contributed by atoms with Gasteiger partial charge >= 0.3 is 5.97 Å². The Morgan fingerprint density at radius 3 is 2.70 bits per heavy atom. The Bertz CT molecular complexity index is 419. The minimum absolute atomic E-state index is 0.103. The number of methoxy groups -OCH3 is 1. The third-order valence-corrected chi connectivity index (χ3v) is 4.00. The molecule has 0 spiro atoms. The van der Waals surface area contributed by atoms with Gasteiger partial charge < -0.3 is 14.3 Å². The number of aromatic nitrogens is 1. The highest BCUT2D eigenvalue weighted by atomic mass is 16.5. The van der Waals surface area contributed by atoms with Gasteiger partial charge in [0.2, 0.25) is 0 Å². The van der Waals surface area contributed by atoms with Crippen molar-refractivity contribution in [2.45, 2.75) is 63.4 Å². The van der Waals surface area contributed by atoms with Crippen LogP contribution in [0.25, 0.3) is 0 Å². The van der Waals surface area contributed by atoms with E-state index in [-0.39, 0.29) is 6.42 Å². The van der Waals surface area contributed by atoms with Crippen molar-refractivity contribution in [3.63, 3.8) is 0 Å². The van der Waals surface area contributed by atoms with E-state index in [9.17, 15) is 4.79 Å². The van der Waals surface area contributed by atoms with E-state index in [0.29, 0.717) is 18.4 Å². The zero-order valence-electron chi connectivity index (χ0n) is 12.0. The average molecular weight is 281 g/mol. The first-order valence-corrected chi connectivity index (χ1v) is 7.38. The molecule has 1 aliphatic carbocycles. The van der Waals surface area contributed by atoms with Gasteiger partial charge in [-0.25, -0.2) is 4.98 Å². The summed E-state index contributed by atoms with van der Waals surface area (Å²) in [6.07, 6.45) is 9.12. The Morgan fingerprint density at radius 1 is 1.40 bits per heavy atom.